The summed E-state index contributed by atoms with van der Waals surface area (Å²) in [4.78, 5) is 9.57. The maximum Gasteiger partial charge on any atom is 0.0708 e. The van der Waals surface area contributed by atoms with Crippen LogP contribution in [0.2, 0.25) is 0 Å². The van der Waals surface area contributed by atoms with Crippen molar-refractivity contribution in [1.82, 2.24) is 9.97 Å². The molecule has 2 nitrogen and oxygen atoms in total. The summed E-state index contributed by atoms with van der Waals surface area (Å²) >= 11 is 0. The van der Waals surface area contributed by atoms with E-state index in [1.54, 1.807) is 0 Å². The molecule has 0 saturated heterocycles. The van der Waals surface area contributed by atoms with Gasteiger partial charge in [0.2, 0.25) is 0 Å². The largest absolute Gasteiger partial charge is 0.256 e. The number of nitrogens with zero attached hydrogens (tertiary/aromatic N) is 2. The van der Waals surface area contributed by atoms with E-state index in [4.69, 9.17) is 9.97 Å². The molecule has 0 unspecified atom stereocenters. The number of hydrogen-bond acceptors (Lipinski definition) is 2. The van der Waals surface area contributed by atoms with Crippen molar-refractivity contribution in [2.45, 2.75) is 38.5 Å². The first kappa shape index (κ1) is 33.8. The lowest BCUT2D eigenvalue weighted by Crippen LogP contribution is -2.14. The molecule has 2 aliphatic rings. The van der Waals surface area contributed by atoms with E-state index in [1.165, 1.54) is 110 Å². The Morgan fingerprint density at radius 1 is 0.300 bits per heavy atom. The first-order chi connectivity index (χ1) is 29.2. The fourth-order valence-electron chi connectivity index (χ4n) is 11.1. The van der Waals surface area contributed by atoms with Crippen LogP contribution in [0.1, 0.15) is 49.9 Å². The molecule has 0 saturated carbocycles. The lowest BCUT2D eigenvalue weighted by molar-refractivity contribution is 0.661. The van der Waals surface area contributed by atoms with Gasteiger partial charge in [-0.3, -0.25) is 9.97 Å². The second-order valence-corrected chi connectivity index (χ2v) is 18.2. The predicted molar refractivity (Wildman–Crippen MR) is 253 cm³/mol. The second kappa shape index (κ2) is 11.7. The minimum Gasteiger partial charge on any atom is -0.256 e. The number of hydrogen-bond donors (Lipinski definition) is 0. The molecule has 0 bridgehead atoms. The monoisotopic (exact) mass is 764 g/mol. The molecule has 0 radical (unpaired) electrons. The van der Waals surface area contributed by atoms with Crippen LogP contribution in [-0.2, 0) is 10.8 Å². The van der Waals surface area contributed by atoms with Crippen LogP contribution in [0.25, 0.3) is 109 Å². The summed E-state index contributed by atoms with van der Waals surface area (Å²) in [6, 6.07) is 59.7. The number of fused-ring (bicyclic) bond motifs is 14. The molecule has 0 spiro atoms. The topological polar surface area (TPSA) is 25.8 Å². The summed E-state index contributed by atoms with van der Waals surface area (Å²) in [5, 5.41) is 12.4. The summed E-state index contributed by atoms with van der Waals surface area (Å²) in [7, 11) is 0. The standard InChI is InChI=1S/C58H40N2/c1-57(2)51-15-7-5-13-39(51)49-29-45-41(35-19-17-33-11-9-21-59-55(33)26-35)24-37-23-38-25-42(36-20-18-34-12-10-22-60-56(34)27-36)46-30-50-40-14-6-8-16-52(40)58(3,4)54(50)32-48(46)44(38)28-43(37)47(45)31-53(49)57/h5-32H,1-4H3. The second-order valence-electron chi connectivity index (χ2n) is 18.2. The van der Waals surface area contributed by atoms with E-state index in [1.807, 2.05) is 24.5 Å². The van der Waals surface area contributed by atoms with Crippen molar-refractivity contribution in [3.05, 3.63) is 192 Å². The molecule has 11 aromatic rings. The quantitative estimate of drug-likeness (QED) is 0.129. The average Bonchev–Trinajstić information content (AvgIpc) is 3.65. The zero-order valence-corrected chi connectivity index (χ0v) is 34.1. The van der Waals surface area contributed by atoms with Crippen LogP contribution in [0.4, 0.5) is 0 Å². The van der Waals surface area contributed by atoms with Crippen LogP contribution in [0.15, 0.2) is 170 Å². The minimum atomic E-state index is -0.121. The van der Waals surface area contributed by atoms with Gasteiger partial charge in [0.1, 0.15) is 0 Å². The summed E-state index contributed by atoms with van der Waals surface area (Å²) in [5.41, 5.74) is 17.5. The molecule has 0 aliphatic heterocycles. The minimum absolute atomic E-state index is 0.121. The highest BCUT2D eigenvalue weighted by molar-refractivity contribution is 6.23. The van der Waals surface area contributed by atoms with E-state index in [2.05, 4.69) is 173 Å². The Bertz CT molecular complexity index is 3480. The molecule has 0 amide bonds. The smallest absolute Gasteiger partial charge is 0.0708 e. The van der Waals surface area contributed by atoms with Crippen LogP contribution in [-0.4, -0.2) is 9.97 Å². The van der Waals surface area contributed by atoms with Crippen molar-refractivity contribution in [2.24, 2.45) is 0 Å². The first-order valence-electron chi connectivity index (χ1n) is 21.1. The highest BCUT2D eigenvalue weighted by Gasteiger charge is 2.37. The number of pyridine rings is 2. The summed E-state index contributed by atoms with van der Waals surface area (Å²) in [6.45, 7) is 9.55. The lowest BCUT2D eigenvalue weighted by atomic mass is 9.80. The average molecular weight is 765 g/mol. The van der Waals surface area contributed by atoms with Gasteiger partial charge in [0.15, 0.2) is 0 Å². The lowest BCUT2D eigenvalue weighted by Gasteiger charge is -2.23. The van der Waals surface area contributed by atoms with Crippen molar-refractivity contribution < 1.29 is 0 Å². The Morgan fingerprint density at radius 2 is 0.767 bits per heavy atom. The van der Waals surface area contributed by atoms with Crippen molar-refractivity contribution in [3.63, 3.8) is 0 Å². The summed E-state index contributed by atoms with van der Waals surface area (Å²) in [6.07, 6.45) is 3.79. The maximum absolute atomic E-state index is 4.79. The van der Waals surface area contributed by atoms with Gasteiger partial charge in [-0.2, -0.15) is 0 Å². The molecule has 2 aromatic heterocycles. The third-order valence-electron chi connectivity index (χ3n) is 14.3. The zero-order chi connectivity index (χ0) is 40.1. The Kier molecular flexibility index (Phi) is 6.61. The van der Waals surface area contributed by atoms with Gasteiger partial charge >= 0.3 is 0 Å². The van der Waals surface area contributed by atoms with Gasteiger partial charge in [0.25, 0.3) is 0 Å². The fraction of sp³-hybridized carbons (Fsp3) is 0.103. The third-order valence-corrected chi connectivity index (χ3v) is 14.3. The van der Waals surface area contributed by atoms with Gasteiger partial charge in [-0.05, 0) is 183 Å². The summed E-state index contributed by atoms with van der Waals surface area (Å²) < 4.78 is 0. The summed E-state index contributed by atoms with van der Waals surface area (Å²) in [5.74, 6) is 0. The SMILES string of the molecule is CC1(C)c2ccccc2-c2cc3c(-c4ccc5cccnc5c4)cc4cc5cc(-c6ccc7cccnc7c6)c6cc7c(cc6c5cc4c3cc21)C(C)(C)c1ccccc1-7. The molecule has 0 fully saturated rings. The Balaban J connectivity index is 1.16. The van der Waals surface area contributed by atoms with Gasteiger partial charge in [0, 0.05) is 34.0 Å². The molecule has 9 aromatic carbocycles. The van der Waals surface area contributed by atoms with E-state index in [0.717, 1.165) is 21.8 Å². The van der Waals surface area contributed by atoms with Crippen LogP contribution in [0, 0.1) is 0 Å². The highest BCUT2D eigenvalue weighted by Crippen LogP contribution is 2.54. The normalized spacial score (nSPS) is 14.6. The van der Waals surface area contributed by atoms with Gasteiger partial charge in [-0.25, -0.2) is 0 Å². The molecule has 13 rings (SSSR count). The molecule has 0 N–H and O–H groups in total. The van der Waals surface area contributed by atoms with Crippen molar-refractivity contribution in [1.29, 1.82) is 0 Å². The van der Waals surface area contributed by atoms with Gasteiger partial charge in [-0.15, -0.1) is 0 Å². The van der Waals surface area contributed by atoms with E-state index in [-0.39, 0.29) is 10.8 Å². The Labute approximate surface area is 348 Å². The zero-order valence-electron chi connectivity index (χ0n) is 34.1. The van der Waals surface area contributed by atoms with Crippen molar-refractivity contribution >= 4 is 64.9 Å². The number of benzene rings is 9. The Hall–Kier alpha value is -7.16. The van der Waals surface area contributed by atoms with E-state index >= 15 is 0 Å². The van der Waals surface area contributed by atoms with E-state index < -0.39 is 0 Å². The third kappa shape index (κ3) is 4.54. The molecule has 282 valence electrons. The molecule has 2 heterocycles. The van der Waals surface area contributed by atoms with E-state index in [0.29, 0.717) is 0 Å². The van der Waals surface area contributed by atoms with Crippen molar-refractivity contribution in [3.8, 4) is 44.5 Å². The molecule has 0 atom stereocenters. The van der Waals surface area contributed by atoms with E-state index in [9.17, 15) is 0 Å². The van der Waals surface area contributed by atoms with Crippen molar-refractivity contribution in [2.75, 3.05) is 0 Å². The highest BCUT2D eigenvalue weighted by atomic mass is 14.6. The molecule has 2 heteroatoms. The predicted octanol–water partition coefficient (Wildman–Crippen LogP) is 15.3. The molecular weight excluding hydrogens is 725 g/mol. The van der Waals surface area contributed by atoms with Gasteiger partial charge in [-0.1, -0.05) is 113 Å². The van der Waals surface area contributed by atoms with Crippen LogP contribution >= 0.6 is 0 Å². The molecule has 60 heavy (non-hydrogen) atoms. The number of rotatable bonds is 2. The maximum atomic E-state index is 4.79. The Morgan fingerprint density at radius 3 is 1.25 bits per heavy atom. The van der Waals surface area contributed by atoms with Crippen LogP contribution in [0.3, 0.4) is 0 Å². The van der Waals surface area contributed by atoms with Gasteiger partial charge in [0.05, 0.1) is 11.0 Å². The number of aromatic nitrogens is 2. The van der Waals surface area contributed by atoms with Crippen LogP contribution < -0.4 is 0 Å². The molecule has 2 aliphatic carbocycles. The fourth-order valence-corrected chi connectivity index (χ4v) is 11.1. The van der Waals surface area contributed by atoms with Crippen LogP contribution in [0.5, 0.6) is 0 Å². The van der Waals surface area contributed by atoms with Gasteiger partial charge < -0.3 is 0 Å². The first-order valence-corrected chi connectivity index (χ1v) is 21.1. The molecular formula is C58H40N2.